The van der Waals surface area contributed by atoms with Gasteiger partial charge in [0.2, 0.25) is 0 Å². The highest BCUT2D eigenvalue weighted by molar-refractivity contribution is 14.1. The minimum Gasteiger partial charge on any atom is -0.496 e. The molecule has 0 heterocycles. The quantitative estimate of drug-likeness (QED) is 0.346. The van der Waals surface area contributed by atoms with Crippen molar-refractivity contribution in [3.63, 3.8) is 0 Å². The van der Waals surface area contributed by atoms with Crippen molar-refractivity contribution in [1.29, 1.82) is 0 Å². The van der Waals surface area contributed by atoms with Crippen LogP contribution in [0.2, 0.25) is 0 Å². The molecule has 2 amide bonds. The Morgan fingerprint density at radius 2 is 1.61 bits per heavy atom. The summed E-state index contributed by atoms with van der Waals surface area (Å²) in [5, 5.41) is 0. The fourth-order valence-corrected chi connectivity index (χ4v) is 3.66. The van der Waals surface area contributed by atoms with Gasteiger partial charge in [0.25, 0.3) is 11.8 Å². The SMILES string of the molecule is CCC(Oc1ccc(-c2ccccc2)cc1)C(=O)NNC(=O)c1ccc(OC)c(I)c1. The number of ether oxygens (including phenoxy) is 2. The summed E-state index contributed by atoms with van der Waals surface area (Å²) in [5.74, 6) is 0.416. The van der Waals surface area contributed by atoms with Crippen molar-refractivity contribution >= 4 is 34.4 Å². The molecule has 6 nitrogen and oxygen atoms in total. The Balaban J connectivity index is 1.57. The van der Waals surface area contributed by atoms with Crippen LogP contribution in [-0.2, 0) is 4.79 Å². The molecular formula is C24H23IN2O4. The van der Waals surface area contributed by atoms with Gasteiger partial charge in [0.15, 0.2) is 6.10 Å². The number of amides is 2. The van der Waals surface area contributed by atoms with Gasteiger partial charge in [0.05, 0.1) is 10.7 Å². The Kier molecular flexibility index (Phi) is 7.88. The van der Waals surface area contributed by atoms with E-state index in [9.17, 15) is 9.59 Å². The van der Waals surface area contributed by atoms with Gasteiger partial charge < -0.3 is 9.47 Å². The number of methoxy groups -OCH3 is 1. The summed E-state index contributed by atoms with van der Waals surface area (Å²) in [7, 11) is 1.57. The second kappa shape index (κ2) is 10.8. The van der Waals surface area contributed by atoms with Gasteiger partial charge in [-0.2, -0.15) is 0 Å². The predicted molar refractivity (Wildman–Crippen MR) is 128 cm³/mol. The number of hydrogen-bond acceptors (Lipinski definition) is 4. The van der Waals surface area contributed by atoms with Crippen LogP contribution in [0.3, 0.4) is 0 Å². The summed E-state index contributed by atoms with van der Waals surface area (Å²) < 4.78 is 11.8. The number of halogens is 1. The lowest BCUT2D eigenvalue weighted by Crippen LogP contribution is -2.48. The Labute approximate surface area is 195 Å². The third kappa shape index (κ3) is 5.97. The second-order valence-corrected chi connectivity index (χ2v) is 7.86. The zero-order valence-corrected chi connectivity index (χ0v) is 19.4. The van der Waals surface area contributed by atoms with E-state index >= 15 is 0 Å². The highest BCUT2D eigenvalue weighted by Crippen LogP contribution is 2.23. The lowest BCUT2D eigenvalue weighted by molar-refractivity contribution is -0.128. The van der Waals surface area contributed by atoms with Crippen LogP contribution in [-0.4, -0.2) is 25.0 Å². The molecule has 0 aliphatic heterocycles. The van der Waals surface area contributed by atoms with Crippen molar-refractivity contribution < 1.29 is 19.1 Å². The fraction of sp³-hybridized carbons (Fsp3) is 0.167. The molecule has 0 saturated carbocycles. The van der Waals surface area contributed by atoms with E-state index in [1.165, 1.54) is 0 Å². The van der Waals surface area contributed by atoms with E-state index in [4.69, 9.17) is 9.47 Å². The van der Waals surface area contributed by atoms with E-state index in [1.807, 2.05) is 61.5 Å². The number of rotatable bonds is 7. The lowest BCUT2D eigenvalue weighted by Gasteiger charge is -2.18. The molecule has 160 valence electrons. The molecule has 0 aromatic heterocycles. The highest BCUT2D eigenvalue weighted by atomic mass is 127. The second-order valence-electron chi connectivity index (χ2n) is 6.70. The minimum atomic E-state index is -0.737. The summed E-state index contributed by atoms with van der Waals surface area (Å²) in [5.41, 5.74) is 7.45. The predicted octanol–water partition coefficient (Wildman–Crippen LogP) is 4.59. The van der Waals surface area contributed by atoms with Crippen LogP contribution in [0.15, 0.2) is 72.8 Å². The maximum Gasteiger partial charge on any atom is 0.279 e. The van der Waals surface area contributed by atoms with Gasteiger partial charge in [0.1, 0.15) is 11.5 Å². The molecule has 0 bridgehead atoms. The van der Waals surface area contributed by atoms with Gasteiger partial charge in [-0.05, 0) is 70.5 Å². The number of hydrazine groups is 1. The third-order valence-electron chi connectivity index (χ3n) is 4.62. The molecule has 0 saturated heterocycles. The van der Waals surface area contributed by atoms with Gasteiger partial charge in [-0.15, -0.1) is 0 Å². The molecule has 1 unspecified atom stereocenters. The summed E-state index contributed by atoms with van der Waals surface area (Å²) in [6.45, 7) is 1.84. The molecule has 0 spiro atoms. The first kappa shape index (κ1) is 22.6. The molecule has 0 fully saturated rings. The Hall–Kier alpha value is -3.07. The highest BCUT2D eigenvalue weighted by Gasteiger charge is 2.19. The van der Waals surface area contributed by atoms with Crippen LogP contribution < -0.4 is 20.3 Å². The molecule has 3 aromatic rings. The number of carbonyl (C=O) groups excluding carboxylic acids is 2. The Morgan fingerprint density at radius 3 is 2.23 bits per heavy atom. The van der Waals surface area contributed by atoms with E-state index in [1.54, 1.807) is 25.3 Å². The van der Waals surface area contributed by atoms with E-state index in [0.717, 1.165) is 14.7 Å². The molecule has 0 radical (unpaired) electrons. The van der Waals surface area contributed by atoms with Crippen LogP contribution in [0.1, 0.15) is 23.7 Å². The molecule has 1 atom stereocenters. The van der Waals surface area contributed by atoms with Crippen molar-refractivity contribution in [3.8, 4) is 22.6 Å². The van der Waals surface area contributed by atoms with Gasteiger partial charge in [-0.3, -0.25) is 20.4 Å². The molecule has 31 heavy (non-hydrogen) atoms. The number of benzene rings is 3. The normalized spacial score (nSPS) is 11.3. The van der Waals surface area contributed by atoms with Gasteiger partial charge in [-0.1, -0.05) is 49.4 Å². The van der Waals surface area contributed by atoms with Crippen LogP contribution in [0.25, 0.3) is 11.1 Å². The average Bonchev–Trinajstić information content (AvgIpc) is 2.81. The van der Waals surface area contributed by atoms with Crippen molar-refractivity contribution in [2.45, 2.75) is 19.4 Å². The number of carbonyl (C=O) groups is 2. The molecule has 3 aromatic carbocycles. The lowest BCUT2D eigenvalue weighted by atomic mass is 10.1. The monoisotopic (exact) mass is 530 g/mol. The third-order valence-corrected chi connectivity index (χ3v) is 5.46. The molecule has 7 heteroatoms. The van der Waals surface area contributed by atoms with Crippen molar-refractivity contribution in [3.05, 3.63) is 81.9 Å². The van der Waals surface area contributed by atoms with E-state index in [-0.39, 0.29) is 0 Å². The van der Waals surface area contributed by atoms with Crippen LogP contribution >= 0.6 is 22.6 Å². The van der Waals surface area contributed by atoms with Crippen LogP contribution in [0.5, 0.6) is 11.5 Å². The van der Waals surface area contributed by atoms with E-state index in [2.05, 4.69) is 33.4 Å². The number of nitrogens with one attached hydrogen (secondary N) is 2. The van der Waals surface area contributed by atoms with Crippen molar-refractivity contribution in [1.82, 2.24) is 10.9 Å². The first-order valence-corrected chi connectivity index (χ1v) is 10.9. The maximum absolute atomic E-state index is 12.5. The summed E-state index contributed by atoms with van der Waals surface area (Å²) in [4.78, 5) is 24.8. The zero-order valence-electron chi connectivity index (χ0n) is 17.2. The first-order chi connectivity index (χ1) is 15.0. The molecule has 2 N–H and O–H groups in total. The van der Waals surface area contributed by atoms with Gasteiger partial charge >= 0.3 is 0 Å². The van der Waals surface area contributed by atoms with E-state index in [0.29, 0.717) is 23.5 Å². The Morgan fingerprint density at radius 1 is 0.935 bits per heavy atom. The molecule has 0 aliphatic rings. The van der Waals surface area contributed by atoms with Crippen LogP contribution in [0.4, 0.5) is 0 Å². The summed E-state index contributed by atoms with van der Waals surface area (Å²) >= 11 is 2.08. The van der Waals surface area contributed by atoms with Gasteiger partial charge in [0, 0.05) is 5.56 Å². The largest absolute Gasteiger partial charge is 0.496 e. The summed E-state index contributed by atoms with van der Waals surface area (Å²) in [6.07, 6.45) is -0.290. The minimum absolute atomic E-state index is 0.413. The fourth-order valence-electron chi connectivity index (χ4n) is 2.92. The number of hydrogen-bond donors (Lipinski definition) is 2. The molecular weight excluding hydrogens is 507 g/mol. The van der Waals surface area contributed by atoms with Crippen molar-refractivity contribution in [2.24, 2.45) is 0 Å². The zero-order chi connectivity index (χ0) is 22.2. The van der Waals surface area contributed by atoms with Gasteiger partial charge in [-0.25, -0.2) is 0 Å². The van der Waals surface area contributed by atoms with Crippen molar-refractivity contribution in [2.75, 3.05) is 7.11 Å². The molecule has 3 rings (SSSR count). The Bertz CT molecular complexity index is 1040. The summed E-state index contributed by atoms with van der Waals surface area (Å²) in [6, 6.07) is 22.6. The first-order valence-electron chi connectivity index (χ1n) is 9.77. The van der Waals surface area contributed by atoms with Crippen LogP contribution in [0, 0.1) is 3.57 Å². The standard InChI is InChI=1S/C24H23IN2O4/c1-3-21(31-19-12-9-17(10-13-19)16-7-5-4-6-8-16)24(29)27-26-23(28)18-11-14-22(30-2)20(25)15-18/h4-15,21H,3H2,1-2H3,(H,26,28)(H,27,29). The average molecular weight is 530 g/mol. The topological polar surface area (TPSA) is 76.7 Å². The maximum atomic E-state index is 12.5. The molecule has 0 aliphatic carbocycles. The van der Waals surface area contributed by atoms with E-state index < -0.39 is 17.9 Å². The smallest absolute Gasteiger partial charge is 0.279 e.